The minimum Gasteiger partial charge on any atom is -0.467 e. The van der Waals surface area contributed by atoms with Crippen LogP contribution in [0.1, 0.15) is 20.3 Å². The van der Waals surface area contributed by atoms with Gasteiger partial charge in [-0.2, -0.15) is 0 Å². The molecular weight excluding hydrogens is 334 g/mol. The lowest BCUT2D eigenvalue weighted by atomic mass is 9.99. The normalized spacial score (nSPS) is 13.5. The van der Waals surface area contributed by atoms with Crippen molar-refractivity contribution >= 4 is 45.2 Å². The minimum absolute atomic E-state index is 0.0134. The van der Waals surface area contributed by atoms with Crippen molar-refractivity contribution in [3.8, 4) is 0 Å². The molecule has 2 atom stereocenters. The summed E-state index contributed by atoms with van der Waals surface area (Å²) in [5, 5.41) is 5.48. The van der Waals surface area contributed by atoms with Gasteiger partial charge in [0.05, 0.1) is 23.1 Å². The molecule has 2 heterocycles. The fraction of sp³-hybridized carbons (Fsp3) is 0.467. The van der Waals surface area contributed by atoms with E-state index in [-0.39, 0.29) is 17.6 Å². The second-order valence-electron chi connectivity index (χ2n) is 5.06. The summed E-state index contributed by atoms with van der Waals surface area (Å²) in [7, 11) is 1.33. The molecule has 0 aliphatic heterocycles. The van der Waals surface area contributed by atoms with E-state index in [1.807, 2.05) is 25.3 Å². The lowest BCUT2D eigenvalue weighted by Gasteiger charge is -2.21. The maximum Gasteiger partial charge on any atom is 0.328 e. The molecular formula is C15H19N3O3S2. The van der Waals surface area contributed by atoms with Crippen LogP contribution in [0.4, 0.5) is 0 Å². The Morgan fingerprint density at radius 1 is 1.43 bits per heavy atom. The van der Waals surface area contributed by atoms with Crippen LogP contribution in [-0.4, -0.2) is 40.7 Å². The average molecular weight is 353 g/mol. The minimum atomic E-state index is -0.620. The largest absolute Gasteiger partial charge is 0.467 e. The number of esters is 1. The third kappa shape index (κ3) is 4.42. The number of thiophene rings is 1. The highest BCUT2D eigenvalue weighted by atomic mass is 32.2. The molecule has 0 saturated heterocycles. The lowest BCUT2D eigenvalue weighted by molar-refractivity contribution is -0.146. The monoisotopic (exact) mass is 353 g/mol. The predicted molar refractivity (Wildman–Crippen MR) is 91.5 cm³/mol. The molecule has 0 aromatic carbocycles. The fourth-order valence-corrected chi connectivity index (χ4v) is 3.77. The summed E-state index contributed by atoms with van der Waals surface area (Å²) >= 11 is 2.88. The van der Waals surface area contributed by atoms with Crippen molar-refractivity contribution < 1.29 is 14.3 Å². The van der Waals surface area contributed by atoms with Crippen molar-refractivity contribution in [2.75, 3.05) is 12.9 Å². The van der Waals surface area contributed by atoms with Crippen molar-refractivity contribution in [1.82, 2.24) is 15.3 Å². The van der Waals surface area contributed by atoms with Gasteiger partial charge < -0.3 is 10.1 Å². The van der Waals surface area contributed by atoms with Crippen LogP contribution in [0.2, 0.25) is 0 Å². The van der Waals surface area contributed by atoms with Crippen LogP contribution in [0, 0.1) is 5.92 Å². The number of hydrogen-bond acceptors (Lipinski definition) is 7. The van der Waals surface area contributed by atoms with E-state index in [0.29, 0.717) is 0 Å². The third-order valence-corrected chi connectivity index (χ3v) is 5.56. The van der Waals surface area contributed by atoms with Crippen molar-refractivity contribution in [1.29, 1.82) is 0 Å². The van der Waals surface area contributed by atoms with E-state index in [0.717, 1.165) is 21.7 Å². The molecule has 8 heteroatoms. The molecule has 6 nitrogen and oxygen atoms in total. The highest BCUT2D eigenvalue weighted by molar-refractivity contribution is 8.00. The maximum atomic E-state index is 12.2. The van der Waals surface area contributed by atoms with Crippen molar-refractivity contribution in [2.24, 2.45) is 5.92 Å². The molecule has 23 heavy (non-hydrogen) atoms. The Kier molecular flexibility index (Phi) is 6.35. The average Bonchev–Trinajstić information content (AvgIpc) is 3.05. The molecule has 0 aliphatic carbocycles. The molecule has 1 amide bonds. The van der Waals surface area contributed by atoms with Crippen molar-refractivity contribution in [3.05, 3.63) is 17.8 Å². The van der Waals surface area contributed by atoms with Crippen molar-refractivity contribution in [3.63, 3.8) is 0 Å². The van der Waals surface area contributed by atoms with Gasteiger partial charge in [0.2, 0.25) is 5.91 Å². The molecule has 0 bridgehead atoms. The van der Waals surface area contributed by atoms with Gasteiger partial charge in [0.1, 0.15) is 17.4 Å². The Labute approximate surface area is 143 Å². The number of hydrogen-bond donors (Lipinski definition) is 1. The van der Waals surface area contributed by atoms with Gasteiger partial charge in [-0.1, -0.05) is 32.0 Å². The number of rotatable bonds is 7. The van der Waals surface area contributed by atoms with E-state index in [1.54, 1.807) is 11.3 Å². The maximum absolute atomic E-state index is 12.2. The van der Waals surface area contributed by atoms with Gasteiger partial charge in [-0.15, -0.1) is 11.3 Å². The molecule has 0 fully saturated rings. The number of nitrogens with one attached hydrogen (secondary N) is 1. The molecule has 2 rings (SSSR count). The molecule has 1 N–H and O–H groups in total. The summed E-state index contributed by atoms with van der Waals surface area (Å²) < 4.78 is 5.74. The number of thioether (sulfide) groups is 1. The van der Waals surface area contributed by atoms with E-state index in [4.69, 9.17) is 4.74 Å². The molecule has 0 aliphatic rings. The highest BCUT2D eigenvalue weighted by Gasteiger charge is 2.26. The fourth-order valence-electron chi connectivity index (χ4n) is 2.01. The SMILES string of the molecule is CCC(C)C(NC(=O)CSc1ncnc2ccsc12)C(=O)OC. The Hall–Kier alpha value is -1.67. The summed E-state index contributed by atoms with van der Waals surface area (Å²) in [6, 6.07) is 1.30. The summed E-state index contributed by atoms with van der Waals surface area (Å²) in [6.07, 6.45) is 2.26. The van der Waals surface area contributed by atoms with Crippen molar-refractivity contribution in [2.45, 2.75) is 31.3 Å². The summed E-state index contributed by atoms with van der Waals surface area (Å²) in [6.45, 7) is 3.88. The number of methoxy groups -OCH3 is 1. The van der Waals surface area contributed by atoms with E-state index in [2.05, 4.69) is 15.3 Å². The van der Waals surface area contributed by atoms with Crippen LogP contribution in [0.25, 0.3) is 10.2 Å². The highest BCUT2D eigenvalue weighted by Crippen LogP contribution is 2.28. The lowest BCUT2D eigenvalue weighted by Crippen LogP contribution is -2.46. The number of amides is 1. The first kappa shape index (κ1) is 17.7. The Morgan fingerprint density at radius 3 is 2.91 bits per heavy atom. The Balaban J connectivity index is 1.98. The van der Waals surface area contributed by atoms with Gasteiger partial charge in [0.15, 0.2) is 0 Å². The zero-order valence-corrected chi connectivity index (χ0v) is 14.9. The molecule has 0 saturated carbocycles. The van der Waals surface area contributed by atoms with E-state index in [9.17, 15) is 9.59 Å². The first-order chi connectivity index (χ1) is 11.1. The summed E-state index contributed by atoms with van der Waals surface area (Å²) in [4.78, 5) is 32.4. The first-order valence-corrected chi connectivity index (χ1v) is 9.11. The van der Waals surface area contributed by atoms with Crippen LogP contribution in [0.15, 0.2) is 22.8 Å². The van der Waals surface area contributed by atoms with Crippen LogP contribution in [-0.2, 0) is 14.3 Å². The molecule has 0 spiro atoms. The molecule has 2 aromatic heterocycles. The van der Waals surface area contributed by atoms with Gasteiger partial charge in [0, 0.05) is 0 Å². The number of nitrogens with zero attached hydrogens (tertiary/aromatic N) is 2. The number of fused-ring (bicyclic) bond motifs is 1. The van der Waals surface area contributed by atoms with E-state index >= 15 is 0 Å². The quantitative estimate of drug-likeness (QED) is 0.468. The number of ether oxygens (including phenoxy) is 1. The van der Waals surface area contributed by atoms with Crippen LogP contribution in [0.5, 0.6) is 0 Å². The summed E-state index contributed by atoms with van der Waals surface area (Å²) in [5.41, 5.74) is 0.875. The molecule has 2 unspecified atom stereocenters. The molecule has 124 valence electrons. The topological polar surface area (TPSA) is 81.2 Å². The number of carbonyl (C=O) groups is 2. The van der Waals surface area contributed by atoms with E-state index < -0.39 is 12.0 Å². The second kappa shape index (κ2) is 8.26. The standard InChI is InChI=1S/C15H19N3O3S2/c1-4-9(2)12(15(20)21-3)18-11(19)7-23-14-13-10(5-6-22-13)16-8-17-14/h5-6,8-9,12H,4,7H2,1-3H3,(H,18,19). The predicted octanol–water partition coefficient (Wildman–Crippen LogP) is 2.49. The smallest absolute Gasteiger partial charge is 0.328 e. The summed E-state index contributed by atoms with van der Waals surface area (Å²) in [5.74, 6) is -0.428. The van der Waals surface area contributed by atoms with Crippen LogP contribution < -0.4 is 5.32 Å². The van der Waals surface area contributed by atoms with Gasteiger partial charge >= 0.3 is 5.97 Å². The van der Waals surface area contributed by atoms with Gasteiger partial charge in [0.25, 0.3) is 0 Å². The molecule has 0 radical (unpaired) electrons. The Morgan fingerprint density at radius 2 is 2.22 bits per heavy atom. The van der Waals surface area contributed by atoms with Crippen LogP contribution >= 0.6 is 23.1 Å². The van der Waals surface area contributed by atoms with Gasteiger partial charge in [-0.05, 0) is 17.4 Å². The van der Waals surface area contributed by atoms with Gasteiger partial charge in [-0.25, -0.2) is 14.8 Å². The van der Waals surface area contributed by atoms with Crippen LogP contribution in [0.3, 0.4) is 0 Å². The zero-order chi connectivity index (χ0) is 16.8. The zero-order valence-electron chi connectivity index (χ0n) is 13.2. The first-order valence-electron chi connectivity index (χ1n) is 7.25. The third-order valence-electron chi connectivity index (χ3n) is 3.54. The second-order valence-corrected chi connectivity index (χ2v) is 6.94. The van der Waals surface area contributed by atoms with Gasteiger partial charge in [-0.3, -0.25) is 4.79 Å². The number of aromatic nitrogens is 2. The van der Waals surface area contributed by atoms with E-state index in [1.165, 1.54) is 25.2 Å². The number of carbonyl (C=O) groups excluding carboxylic acids is 2. The Bertz CT molecular complexity index is 689. The molecule has 2 aromatic rings.